The van der Waals surface area contributed by atoms with Crippen molar-refractivity contribution in [2.24, 2.45) is 0 Å². The van der Waals surface area contributed by atoms with Crippen LogP contribution in [0.25, 0.3) is 0 Å². The topological polar surface area (TPSA) is 76.9 Å². The molecule has 0 aliphatic carbocycles. The highest BCUT2D eigenvalue weighted by Crippen LogP contribution is 2.28. The van der Waals surface area contributed by atoms with Crippen LogP contribution < -0.4 is 10.9 Å². The molecule has 2 heterocycles. The van der Waals surface area contributed by atoms with Crippen LogP contribution in [-0.4, -0.2) is 20.7 Å². The molecular formula is C13H13F3N4O2S. The first kappa shape index (κ1) is 17.1. The second kappa shape index (κ2) is 6.49. The first-order valence-electron chi connectivity index (χ1n) is 6.57. The third kappa shape index (κ3) is 4.38. The van der Waals surface area contributed by atoms with Gasteiger partial charge in [0.15, 0.2) is 0 Å². The molecule has 23 heavy (non-hydrogen) atoms. The quantitative estimate of drug-likeness (QED) is 0.923. The summed E-state index contributed by atoms with van der Waals surface area (Å²) in [6, 6.07) is 1.45. The van der Waals surface area contributed by atoms with Crippen LogP contribution >= 0.6 is 11.3 Å². The van der Waals surface area contributed by atoms with Gasteiger partial charge in [-0.25, -0.2) is 0 Å². The molecule has 10 heteroatoms. The number of alkyl halides is 3. The zero-order valence-electron chi connectivity index (χ0n) is 12.2. The van der Waals surface area contributed by atoms with Crippen LogP contribution in [0.1, 0.15) is 30.3 Å². The standard InChI is InChI=1S/C13H13F3N4O2S/c1-7(2)11-18-19-12(23-11)17-9(21)6-20-5-8(13(14,15)16)3-4-10(20)22/h3-5,7H,6H2,1-2H3,(H,17,19,21). The minimum atomic E-state index is -4.59. The highest BCUT2D eigenvalue weighted by Gasteiger charge is 2.31. The fourth-order valence-corrected chi connectivity index (χ4v) is 2.42. The lowest BCUT2D eigenvalue weighted by molar-refractivity contribution is -0.138. The normalized spacial score (nSPS) is 11.7. The van der Waals surface area contributed by atoms with Crippen molar-refractivity contribution in [1.82, 2.24) is 14.8 Å². The number of nitrogens with one attached hydrogen (secondary N) is 1. The van der Waals surface area contributed by atoms with Crippen molar-refractivity contribution in [1.29, 1.82) is 0 Å². The van der Waals surface area contributed by atoms with Crippen molar-refractivity contribution in [3.8, 4) is 0 Å². The molecule has 0 unspecified atom stereocenters. The summed E-state index contributed by atoms with van der Waals surface area (Å²) in [5.41, 5.74) is -1.70. The molecule has 1 N–H and O–H groups in total. The molecule has 1 amide bonds. The minimum absolute atomic E-state index is 0.143. The number of aromatic nitrogens is 3. The van der Waals surface area contributed by atoms with E-state index in [0.717, 1.165) is 11.1 Å². The Kier molecular flexibility index (Phi) is 4.83. The Labute approximate surface area is 133 Å². The predicted octanol–water partition coefficient (Wildman–Crippen LogP) is 2.48. The Bertz CT molecular complexity index is 767. The van der Waals surface area contributed by atoms with Crippen molar-refractivity contribution >= 4 is 22.4 Å². The fourth-order valence-electron chi connectivity index (χ4n) is 1.65. The average molecular weight is 346 g/mol. The van der Waals surface area contributed by atoms with E-state index in [2.05, 4.69) is 15.5 Å². The van der Waals surface area contributed by atoms with Crippen LogP contribution in [0.4, 0.5) is 18.3 Å². The van der Waals surface area contributed by atoms with E-state index in [0.29, 0.717) is 16.8 Å². The SMILES string of the molecule is CC(C)c1nnc(NC(=O)Cn2cc(C(F)(F)F)ccc2=O)s1. The van der Waals surface area contributed by atoms with Gasteiger partial charge >= 0.3 is 6.18 Å². The number of halogens is 3. The van der Waals surface area contributed by atoms with E-state index in [4.69, 9.17) is 0 Å². The number of amides is 1. The van der Waals surface area contributed by atoms with Crippen molar-refractivity contribution in [3.63, 3.8) is 0 Å². The van der Waals surface area contributed by atoms with Crippen LogP contribution in [0.15, 0.2) is 23.1 Å². The van der Waals surface area contributed by atoms with E-state index >= 15 is 0 Å². The van der Waals surface area contributed by atoms with Gasteiger partial charge in [-0.15, -0.1) is 10.2 Å². The maximum atomic E-state index is 12.6. The van der Waals surface area contributed by atoms with Crippen molar-refractivity contribution in [2.75, 3.05) is 5.32 Å². The van der Waals surface area contributed by atoms with Gasteiger partial charge in [0.1, 0.15) is 11.6 Å². The number of anilines is 1. The number of carbonyl (C=O) groups is 1. The maximum absolute atomic E-state index is 12.6. The third-order valence-corrected chi connectivity index (χ3v) is 3.94. The van der Waals surface area contributed by atoms with Gasteiger partial charge < -0.3 is 4.57 Å². The summed E-state index contributed by atoms with van der Waals surface area (Å²) >= 11 is 1.17. The molecule has 0 spiro atoms. The Morgan fingerprint density at radius 2 is 2.04 bits per heavy atom. The Morgan fingerprint density at radius 1 is 1.35 bits per heavy atom. The lowest BCUT2D eigenvalue weighted by atomic mass is 10.2. The highest BCUT2D eigenvalue weighted by atomic mass is 32.1. The van der Waals surface area contributed by atoms with Gasteiger partial charge in [0.2, 0.25) is 11.0 Å². The van der Waals surface area contributed by atoms with Crippen LogP contribution in [0.2, 0.25) is 0 Å². The average Bonchev–Trinajstić information content (AvgIpc) is 2.88. The number of hydrogen-bond donors (Lipinski definition) is 1. The van der Waals surface area contributed by atoms with E-state index in [1.54, 1.807) is 0 Å². The zero-order valence-corrected chi connectivity index (χ0v) is 13.0. The number of pyridine rings is 1. The summed E-state index contributed by atoms with van der Waals surface area (Å²) in [6.07, 6.45) is -3.97. The maximum Gasteiger partial charge on any atom is 0.417 e. The Hall–Kier alpha value is -2.23. The highest BCUT2D eigenvalue weighted by molar-refractivity contribution is 7.15. The van der Waals surface area contributed by atoms with Crippen LogP contribution in [0.5, 0.6) is 0 Å². The van der Waals surface area contributed by atoms with Crippen LogP contribution in [0, 0.1) is 0 Å². The first-order valence-corrected chi connectivity index (χ1v) is 7.39. The van der Waals surface area contributed by atoms with Gasteiger partial charge in [-0.05, 0) is 6.07 Å². The third-order valence-electron chi connectivity index (χ3n) is 2.81. The van der Waals surface area contributed by atoms with Crippen LogP contribution in [-0.2, 0) is 17.5 Å². The van der Waals surface area contributed by atoms with E-state index in [9.17, 15) is 22.8 Å². The predicted molar refractivity (Wildman–Crippen MR) is 78.3 cm³/mol. The Morgan fingerprint density at radius 3 is 2.61 bits per heavy atom. The summed E-state index contributed by atoms with van der Waals surface area (Å²) in [7, 11) is 0. The lowest BCUT2D eigenvalue weighted by Gasteiger charge is -2.10. The molecule has 0 fully saturated rings. The molecule has 0 saturated carbocycles. The molecule has 2 rings (SSSR count). The Balaban J connectivity index is 2.12. The second-order valence-corrected chi connectivity index (χ2v) is 6.04. The molecule has 0 radical (unpaired) electrons. The molecule has 2 aromatic heterocycles. The van der Waals surface area contributed by atoms with E-state index < -0.39 is 29.8 Å². The molecule has 6 nitrogen and oxygen atoms in total. The van der Waals surface area contributed by atoms with Crippen molar-refractivity contribution < 1.29 is 18.0 Å². The molecule has 0 aliphatic rings. The summed E-state index contributed by atoms with van der Waals surface area (Å²) < 4.78 is 38.6. The monoisotopic (exact) mass is 346 g/mol. The van der Waals surface area contributed by atoms with Gasteiger partial charge in [0.25, 0.3) is 5.56 Å². The number of nitrogens with zero attached hydrogens (tertiary/aromatic N) is 3. The van der Waals surface area contributed by atoms with Gasteiger partial charge in [0, 0.05) is 18.2 Å². The van der Waals surface area contributed by atoms with Gasteiger partial charge in [0.05, 0.1) is 5.56 Å². The number of carbonyl (C=O) groups excluding carboxylic acids is 1. The van der Waals surface area contributed by atoms with E-state index in [-0.39, 0.29) is 11.0 Å². The number of hydrogen-bond acceptors (Lipinski definition) is 5. The summed E-state index contributed by atoms with van der Waals surface area (Å²) in [5, 5.41) is 11.0. The second-order valence-electron chi connectivity index (χ2n) is 5.03. The zero-order chi connectivity index (χ0) is 17.2. The molecule has 0 atom stereocenters. The number of rotatable bonds is 4. The van der Waals surface area contributed by atoms with E-state index in [1.165, 1.54) is 11.3 Å². The molecule has 124 valence electrons. The van der Waals surface area contributed by atoms with E-state index in [1.807, 2.05) is 13.8 Å². The fraction of sp³-hybridized carbons (Fsp3) is 0.385. The van der Waals surface area contributed by atoms with Crippen molar-refractivity contribution in [2.45, 2.75) is 32.5 Å². The molecule has 0 bridgehead atoms. The summed E-state index contributed by atoms with van der Waals surface area (Å²) in [5.74, 6) is -0.512. The van der Waals surface area contributed by atoms with Gasteiger partial charge in [-0.3, -0.25) is 14.9 Å². The summed E-state index contributed by atoms with van der Waals surface area (Å²) in [4.78, 5) is 23.4. The largest absolute Gasteiger partial charge is 0.417 e. The molecule has 2 aromatic rings. The molecule has 0 saturated heterocycles. The first-order chi connectivity index (χ1) is 10.7. The van der Waals surface area contributed by atoms with Crippen molar-refractivity contribution in [3.05, 3.63) is 39.3 Å². The summed E-state index contributed by atoms with van der Waals surface area (Å²) in [6.45, 7) is 3.28. The molecule has 0 aliphatic heterocycles. The lowest BCUT2D eigenvalue weighted by Crippen LogP contribution is -2.28. The van der Waals surface area contributed by atoms with Gasteiger partial charge in [-0.1, -0.05) is 25.2 Å². The van der Waals surface area contributed by atoms with Crippen LogP contribution in [0.3, 0.4) is 0 Å². The minimum Gasteiger partial charge on any atom is -0.305 e. The smallest absolute Gasteiger partial charge is 0.305 e. The molecular weight excluding hydrogens is 333 g/mol. The molecule has 0 aromatic carbocycles. The van der Waals surface area contributed by atoms with Gasteiger partial charge in [-0.2, -0.15) is 13.2 Å².